The van der Waals surface area contributed by atoms with Crippen molar-refractivity contribution in [1.82, 2.24) is 9.78 Å². The first-order valence-electron chi connectivity index (χ1n) is 5.83. The van der Waals surface area contributed by atoms with Gasteiger partial charge in [-0.1, -0.05) is 0 Å². The smallest absolute Gasteiger partial charge is 0.283 e. The predicted octanol–water partition coefficient (Wildman–Crippen LogP) is 0.182. The summed E-state index contributed by atoms with van der Waals surface area (Å²) in [4.78, 5) is 11.8. The van der Waals surface area contributed by atoms with Crippen molar-refractivity contribution in [2.75, 3.05) is 25.1 Å². The molecule has 0 radical (unpaired) electrons. The fourth-order valence-electron chi connectivity index (χ4n) is 1.69. The molecule has 18 heavy (non-hydrogen) atoms. The number of anilines is 1. The van der Waals surface area contributed by atoms with Gasteiger partial charge in [0, 0.05) is 12.0 Å². The molecule has 1 fully saturated rings. The Kier molecular flexibility index (Phi) is 4.04. The molecule has 1 saturated carbocycles. The van der Waals surface area contributed by atoms with E-state index in [-0.39, 0.29) is 30.7 Å². The summed E-state index contributed by atoms with van der Waals surface area (Å²) in [6, 6.07) is 0. The van der Waals surface area contributed by atoms with Gasteiger partial charge in [0.05, 0.1) is 31.6 Å². The Bertz CT molecular complexity index is 485. The van der Waals surface area contributed by atoms with E-state index in [4.69, 9.17) is 5.11 Å². The van der Waals surface area contributed by atoms with Crippen molar-refractivity contribution in [2.45, 2.75) is 19.4 Å². The number of aliphatic hydroxyl groups is 2. The van der Waals surface area contributed by atoms with Crippen LogP contribution in [-0.2, 0) is 6.54 Å². The van der Waals surface area contributed by atoms with Gasteiger partial charge in [0.15, 0.2) is 0 Å². The summed E-state index contributed by atoms with van der Waals surface area (Å²) in [6.07, 6.45) is 3.56. The summed E-state index contributed by atoms with van der Waals surface area (Å²) in [7, 11) is 0. The maximum atomic E-state index is 11.8. The summed E-state index contributed by atoms with van der Waals surface area (Å²) in [5.74, 6) is 0. The van der Waals surface area contributed by atoms with Gasteiger partial charge in [0.2, 0.25) is 0 Å². The van der Waals surface area contributed by atoms with Crippen molar-refractivity contribution >= 4 is 21.6 Å². The van der Waals surface area contributed by atoms with Gasteiger partial charge in [-0.25, -0.2) is 4.68 Å². The van der Waals surface area contributed by atoms with E-state index in [0.717, 1.165) is 12.8 Å². The van der Waals surface area contributed by atoms with Gasteiger partial charge in [-0.3, -0.25) is 4.79 Å². The Hall–Kier alpha value is -0.920. The number of rotatable bonds is 6. The number of aromatic nitrogens is 2. The standard InChI is InChI=1S/C11H16BrN3O3/c12-9-8(13-6-11(7-17)1-2-11)5-14-15(3-4-16)10(9)18/h5,13,16-17H,1-4,6-7H2. The van der Waals surface area contributed by atoms with Crippen molar-refractivity contribution < 1.29 is 10.2 Å². The fourth-order valence-corrected chi connectivity index (χ4v) is 2.14. The van der Waals surface area contributed by atoms with Crippen LogP contribution in [0.4, 0.5) is 5.69 Å². The minimum Gasteiger partial charge on any atom is -0.396 e. The summed E-state index contributed by atoms with van der Waals surface area (Å²) >= 11 is 3.23. The van der Waals surface area contributed by atoms with Crippen LogP contribution in [0.3, 0.4) is 0 Å². The largest absolute Gasteiger partial charge is 0.396 e. The van der Waals surface area contributed by atoms with E-state index in [0.29, 0.717) is 16.7 Å². The second-order valence-corrected chi connectivity index (χ2v) is 5.43. The molecular weight excluding hydrogens is 302 g/mol. The topological polar surface area (TPSA) is 87.4 Å². The van der Waals surface area contributed by atoms with Crippen LogP contribution < -0.4 is 10.9 Å². The molecule has 2 rings (SSSR count). The lowest BCUT2D eigenvalue weighted by Gasteiger charge is -2.15. The molecule has 0 atom stereocenters. The lowest BCUT2D eigenvalue weighted by Crippen LogP contribution is -2.27. The van der Waals surface area contributed by atoms with Crippen LogP contribution in [0.15, 0.2) is 15.5 Å². The number of halogens is 1. The third kappa shape index (κ3) is 2.73. The third-order valence-corrected chi connectivity index (χ3v) is 4.01. The minimum atomic E-state index is -0.275. The second kappa shape index (κ2) is 5.38. The molecule has 7 heteroatoms. The van der Waals surface area contributed by atoms with Crippen LogP contribution in [0.25, 0.3) is 0 Å². The van der Waals surface area contributed by atoms with Gasteiger partial charge in [-0.15, -0.1) is 0 Å². The highest BCUT2D eigenvalue weighted by atomic mass is 79.9. The van der Waals surface area contributed by atoms with Gasteiger partial charge in [-0.05, 0) is 28.8 Å². The molecule has 0 aromatic carbocycles. The quantitative estimate of drug-likeness (QED) is 0.697. The maximum absolute atomic E-state index is 11.8. The molecule has 0 bridgehead atoms. The van der Waals surface area contributed by atoms with Crippen molar-refractivity contribution in [3.8, 4) is 0 Å². The molecular formula is C11H16BrN3O3. The first-order chi connectivity index (χ1) is 8.62. The average molecular weight is 318 g/mol. The molecule has 6 nitrogen and oxygen atoms in total. The molecule has 0 aliphatic heterocycles. The first-order valence-corrected chi connectivity index (χ1v) is 6.62. The van der Waals surface area contributed by atoms with Crippen molar-refractivity contribution in [3.63, 3.8) is 0 Å². The molecule has 3 N–H and O–H groups in total. The van der Waals surface area contributed by atoms with E-state index in [9.17, 15) is 9.90 Å². The number of aliphatic hydroxyl groups excluding tert-OH is 2. The van der Waals surface area contributed by atoms with Crippen LogP contribution in [0, 0.1) is 5.41 Å². The van der Waals surface area contributed by atoms with Crippen molar-refractivity contribution in [3.05, 3.63) is 21.0 Å². The molecule has 0 unspecified atom stereocenters. The molecule has 1 aliphatic carbocycles. The molecule has 1 heterocycles. The Labute approximate surface area is 113 Å². The maximum Gasteiger partial charge on any atom is 0.283 e. The van der Waals surface area contributed by atoms with E-state index in [2.05, 4.69) is 26.3 Å². The highest BCUT2D eigenvalue weighted by Gasteiger charge is 2.41. The summed E-state index contributed by atoms with van der Waals surface area (Å²) in [5.41, 5.74) is 0.316. The monoisotopic (exact) mass is 317 g/mol. The minimum absolute atomic E-state index is 0.0284. The van der Waals surface area contributed by atoms with Gasteiger partial charge in [0.25, 0.3) is 5.56 Å². The van der Waals surface area contributed by atoms with E-state index in [1.807, 2.05) is 0 Å². The molecule has 100 valence electrons. The third-order valence-electron chi connectivity index (χ3n) is 3.24. The Morgan fingerprint density at radius 1 is 1.50 bits per heavy atom. The molecule has 1 aromatic heterocycles. The van der Waals surface area contributed by atoms with E-state index in [1.54, 1.807) is 6.20 Å². The molecule has 1 aromatic rings. The number of nitrogens with zero attached hydrogens (tertiary/aromatic N) is 2. The van der Waals surface area contributed by atoms with Crippen LogP contribution in [0.1, 0.15) is 12.8 Å². The molecule has 1 aliphatic rings. The summed E-state index contributed by atoms with van der Waals surface area (Å²) in [6.45, 7) is 0.845. The zero-order valence-electron chi connectivity index (χ0n) is 9.90. The van der Waals surface area contributed by atoms with Crippen LogP contribution in [-0.4, -0.2) is 39.8 Å². The molecule has 0 spiro atoms. The lowest BCUT2D eigenvalue weighted by molar-refractivity contribution is 0.219. The zero-order chi connectivity index (χ0) is 13.2. The Morgan fingerprint density at radius 2 is 2.22 bits per heavy atom. The SMILES string of the molecule is O=c1c(Br)c(NCC2(CO)CC2)cnn1CCO. The highest BCUT2D eigenvalue weighted by Crippen LogP contribution is 2.45. The Balaban J connectivity index is 2.10. The predicted molar refractivity (Wildman–Crippen MR) is 70.5 cm³/mol. The van der Waals surface area contributed by atoms with Crippen molar-refractivity contribution in [2.24, 2.45) is 5.41 Å². The normalized spacial score (nSPS) is 16.6. The summed E-state index contributed by atoms with van der Waals surface area (Å²) < 4.78 is 1.61. The fraction of sp³-hybridized carbons (Fsp3) is 0.636. The average Bonchev–Trinajstić information content (AvgIpc) is 3.15. The van der Waals surface area contributed by atoms with Gasteiger partial charge in [0.1, 0.15) is 4.47 Å². The number of hydrogen-bond acceptors (Lipinski definition) is 5. The number of hydrogen-bond donors (Lipinski definition) is 3. The second-order valence-electron chi connectivity index (χ2n) is 4.64. The molecule has 0 saturated heterocycles. The molecule has 0 amide bonds. The van der Waals surface area contributed by atoms with E-state index >= 15 is 0 Å². The van der Waals surface area contributed by atoms with Gasteiger partial charge in [-0.2, -0.15) is 5.10 Å². The number of nitrogens with one attached hydrogen (secondary N) is 1. The van der Waals surface area contributed by atoms with E-state index < -0.39 is 0 Å². The lowest BCUT2D eigenvalue weighted by atomic mass is 10.1. The van der Waals surface area contributed by atoms with Gasteiger partial charge >= 0.3 is 0 Å². The highest BCUT2D eigenvalue weighted by molar-refractivity contribution is 9.10. The van der Waals surface area contributed by atoms with Crippen LogP contribution in [0.2, 0.25) is 0 Å². The Morgan fingerprint density at radius 3 is 2.78 bits per heavy atom. The summed E-state index contributed by atoms with van der Waals surface area (Å²) in [5, 5.41) is 25.1. The zero-order valence-corrected chi connectivity index (χ0v) is 11.5. The van der Waals surface area contributed by atoms with Crippen molar-refractivity contribution in [1.29, 1.82) is 0 Å². The van der Waals surface area contributed by atoms with Gasteiger partial charge < -0.3 is 15.5 Å². The van der Waals surface area contributed by atoms with E-state index in [1.165, 1.54) is 4.68 Å². The first kappa shape index (κ1) is 13.5. The van der Waals surface area contributed by atoms with Crippen LogP contribution in [0.5, 0.6) is 0 Å². The van der Waals surface area contributed by atoms with Crippen LogP contribution >= 0.6 is 15.9 Å².